The first-order valence-electron chi connectivity index (χ1n) is 4.26. The normalized spacial score (nSPS) is 11.0. The first kappa shape index (κ1) is 8.10. The number of aromatic amines is 1. The van der Waals surface area contributed by atoms with Crippen LogP contribution in [0.1, 0.15) is 11.1 Å². The molecule has 1 aromatic heterocycles. The van der Waals surface area contributed by atoms with Crippen LogP contribution in [0.2, 0.25) is 0 Å². The zero-order chi connectivity index (χ0) is 9.59. The van der Waals surface area contributed by atoms with Gasteiger partial charge in [0.05, 0.1) is 10.9 Å². The fourth-order valence-corrected chi connectivity index (χ4v) is 1.64. The van der Waals surface area contributed by atoms with E-state index in [0.29, 0.717) is 0 Å². The van der Waals surface area contributed by atoms with Crippen molar-refractivity contribution in [3.8, 4) is 0 Å². The first-order chi connectivity index (χ1) is 6.11. The maximum Gasteiger partial charge on any atom is 0.272 e. The van der Waals surface area contributed by atoms with Crippen LogP contribution in [-0.4, -0.2) is 9.78 Å². The molecule has 13 heavy (non-hydrogen) atoms. The summed E-state index contributed by atoms with van der Waals surface area (Å²) >= 11 is 0. The van der Waals surface area contributed by atoms with Gasteiger partial charge in [-0.1, -0.05) is 6.07 Å². The second-order valence-corrected chi connectivity index (χ2v) is 3.40. The van der Waals surface area contributed by atoms with E-state index < -0.39 is 0 Å². The summed E-state index contributed by atoms with van der Waals surface area (Å²) < 4.78 is 1.75. The van der Waals surface area contributed by atoms with Gasteiger partial charge in [0, 0.05) is 7.05 Å². The summed E-state index contributed by atoms with van der Waals surface area (Å²) in [6.45, 7) is 3.99. The summed E-state index contributed by atoms with van der Waals surface area (Å²) in [5, 5.41) is 3.55. The quantitative estimate of drug-likeness (QED) is 0.648. The van der Waals surface area contributed by atoms with Gasteiger partial charge in [0.1, 0.15) is 0 Å². The highest BCUT2D eigenvalue weighted by molar-refractivity contribution is 5.82. The Morgan fingerprint density at radius 3 is 2.69 bits per heavy atom. The van der Waals surface area contributed by atoms with Gasteiger partial charge >= 0.3 is 0 Å². The number of rotatable bonds is 0. The number of hydrogen-bond donors (Lipinski definition) is 1. The van der Waals surface area contributed by atoms with Gasteiger partial charge in [-0.25, -0.2) is 0 Å². The first-order valence-corrected chi connectivity index (χ1v) is 4.26. The third-order valence-corrected chi connectivity index (χ3v) is 2.57. The van der Waals surface area contributed by atoms with Crippen molar-refractivity contribution in [2.45, 2.75) is 13.8 Å². The van der Waals surface area contributed by atoms with E-state index in [2.05, 4.69) is 5.10 Å². The van der Waals surface area contributed by atoms with Gasteiger partial charge in [0.15, 0.2) is 0 Å². The van der Waals surface area contributed by atoms with Crippen LogP contribution in [0.4, 0.5) is 0 Å². The molecule has 0 amide bonds. The number of fused-ring (bicyclic) bond motifs is 1. The van der Waals surface area contributed by atoms with Crippen molar-refractivity contribution < 1.29 is 0 Å². The maximum absolute atomic E-state index is 11.5. The molecule has 0 fully saturated rings. The van der Waals surface area contributed by atoms with E-state index >= 15 is 0 Å². The maximum atomic E-state index is 11.5. The number of aryl methyl sites for hydroxylation is 3. The Morgan fingerprint density at radius 1 is 1.31 bits per heavy atom. The lowest BCUT2D eigenvalue weighted by Crippen LogP contribution is -2.02. The molecular weight excluding hydrogens is 164 g/mol. The Kier molecular flexibility index (Phi) is 1.55. The van der Waals surface area contributed by atoms with Crippen LogP contribution in [0.5, 0.6) is 0 Å². The van der Waals surface area contributed by atoms with Gasteiger partial charge < -0.3 is 0 Å². The molecule has 0 atom stereocenters. The summed E-state index contributed by atoms with van der Waals surface area (Å²) in [6, 6.07) is 4.00. The van der Waals surface area contributed by atoms with E-state index in [1.165, 1.54) is 0 Å². The van der Waals surface area contributed by atoms with Crippen LogP contribution in [0.3, 0.4) is 0 Å². The summed E-state index contributed by atoms with van der Waals surface area (Å²) in [5.41, 5.74) is 3.19. The average Bonchev–Trinajstić information content (AvgIpc) is 2.35. The van der Waals surface area contributed by atoms with Crippen molar-refractivity contribution in [1.29, 1.82) is 0 Å². The van der Waals surface area contributed by atoms with E-state index in [-0.39, 0.29) is 5.56 Å². The lowest BCUT2D eigenvalue weighted by atomic mass is 10.1. The average molecular weight is 176 g/mol. The van der Waals surface area contributed by atoms with Crippen LogP contribution in [0.15, 0.2) is 16.9 Å². The number of H-pyrrole nitrogens is 1. The van der Waals surface area contributed by atoms with Crippen molar-refractivity contribution in [2.24, 2.45) is 7.05 Å². The van der Waals surface area contributed by atoms with Crippen molar-refractivity contribution in [3.05, 3.63) is 33.6 Å². The molecule has 1 heterocycles. The summed E-state index contributed by atoms with van der Waals surface area (Å²) in [5.74, 6) is 0. The molecular formula is C10H12N2O. The minimum atomic E-state index is -0.00120. The second kappa shape index (κ2) is 2.49. The molecule has 0 unspecified atom stereocenters. The van der Waals surface area contributed by atoms with Crippen LogP contribution >= 0.6 is 0 Å². The van der Waals surface area contributed by atoms with Crippen LogP contribution in [0, 0.1) is 13.8 Å². The minimum absolute atomic E-state index is 0.00120. The third kappa shape index (κ3) is 1.00. The molecule has 0 bridgehead atoms. The largest absolute Gasteiger partial charge is 0.288 e. The van der Waals surface area contributed by atoms with E-state index in [1.807, 2.05) is 33.0 Å². The van der Waals surface area contributed by atoms with Crippen molar-refractivity contribution in [1.82, 2.24) is 9.78 Å². The number of nitrogens with one attached hydrogen (secondary N) is 1. The molecule has 2 aromatic rings. The van der Waals surface area contributed by atoms with E-state index in [9.17, 15) is 4.79 Å². The van der Waals surface area contributed by atoms with Gasteiger partial charge in [-0.15, -0.1) is 0 Å². The van der Waals surface area contributed by atoms with Gasteiger partial charge in [-0.05, 0) is 31.0 Å². The minimum Gasteiger partial charge on any atom is -0.288 e. The molecule has 2 rings (SSSR count). The van der Waals surface area contributed by atoms with Gasteiger partial charge in [0.25, 0.3) is 5.56 Å². The van der Waals surface area contributed by atoms with Crippen LogP contribution < -0.4 is 5.56 Å². The summed E-state index contributed by atoms with van der Waals surface area (Å²) in [6.07, 6.45) is 0. The third-order valence-electron chi connectivity index (χ3n) is 2.57. The Hall–Kier alpha value is -1.51. The fraction of sp³-hybridized carbons (Fsp3) is 0.300. The summed E-state index contributed by atoms with van der Waals surface area (Å²) in [7, 11) is 1.85. The number of benzene rings is 1. The van der Waals surface area contributed by atoms with E-state index in [4.69, 9.17) is 0 Å². The molecule has 0 saturated carbocycles. The monoisotopic (exact) mass is 176 g/mol. The molecule has 1 aromatic carbocycles. The molecule has 3 nitrogen and oxygen atoms in total. The van der Waals surface area contributed by atoms with Gasteiger partial charge in [-0.2, -0.15) is 0 Å². The summed E-state index contributed by atoms with van der Waals surface area (Å²) in [4.78, 5) is 11.5. The van der Waals surface area contributed by atoms with E-state index in [1.54, 1.807) is 4.68 Å². The number of hydrogen-bond acceptors (Lipinski definition) is 1. The number of aromatic nitrogens is 2. The van der Waals surface area contributed by atoms with Crippen LogP contribution in [0.25, 0.3) is 10.9 Å². The molecule has 0 radical (unpaired) electrons. The highest BCUT2D eigenvalue weighted by Crippen LogP contribution is 2.16. The fourth-order valence-electron chi connectivity index (χ4n) is 1.64. The lowest BCUT2D eigenvalue weighted by molar-refractivity contribution is 0.783. The van der Waals surface area contributed by atoms with Crippen molar-refractivity contribution in [3.63, 3.8) is 0 Å². The predicted octanol–water partition coefficient (Wildman–Crippen LogP) is 1.48. The molecule has 3 heteroatoms. The van der Waals surface area contributed by atoms with Crippen molar-refractivity contribution >= 4 is 10.9 Å². The molecule has 68 valence electrons. The Morgan fingerprint density at radius 2 is 2.00 bits per heavy atom. The predicted molar refractivity (Wildman–Crippen MR) is 53.0 cm³/mol. The number of nitrogens with zero attached hydrogens (tertiary/aromatic N) is 1. The molecule has 0 aliphatic carbocycles. The Balaban J connectivity index is 3.07. The standard InChI is InChI=1S/C10H12N2O/c1-6-4-5-8-9(7(6)2)10(13)11-12(8)3/h4-5H,1-3H3,(H,11,13). The molecule has 0 spiro atoms. The smallest absolute Gasteiger partial charge is 0.272 e. The second-order valence-electron chi connectivity index (χ2n) is 3.40. The zero-order valence-corrected chi connectivity index (χ0v) is 8.01. The molecule has 0 saturated heterocycles. The molecule has 0 aliphatic heterocycles. The zero-order valence-electron chi connectivity index (χ0n) is 8.01. The van der Waals surface area contributed by atoms with E-state index in [0.717, 1.165) is 22.0 Å². The SMILES string of the molecule is Cc1ccc2c(c1C)c(=O)[nH]n2C. The van der Waals surface area contributed by atoms with Gasteiger partial charge in [0.2, 0.25) is 0 Å². The Labute approximate surface area is 76.0 Å². The Bertz CT molecular complexity index is 519. The van der Waals surface area contributed by atoms with Gasteiger partial charge in [-0.3, -0.25) is 14.6 Å². The topological polar surface area (TPSA) is 37.8 Å². The lowest BCUT2D eigenvalue weighted by Gasteiger charge is -2.00. The highest BCUT2D eigenvalue weighted by Gasteiger charge is 2.07. The molecule has 0 aliphatic rings. The van der Waals surface area contributed by atoms with Crippen LogP contribution in [-0.2, 0) is 7.05 Å². The highest BCUT2D eigenvalue weighted by atomic mass is 16.1. The molecule has 1 N–H and O–H groups in total. The van der Waals surface area contributed by atoms with Crippen molar-refractivity contribution in [2.75, 3.05) is 0 Å².